The topological polar surface area (TPSA) is 31.2 Å². The van der Waals surface area contributed by atoms with Gasteiger partial charge in [0.25, 0.3) is 5.56 Å². The van der Waals surface area contributed by atoms with Gasteiger partial charge in [-0.25, -0.2) is 0 Å². The standard InChI is InChI=1S/C14H15NO2/c1-2-15-9-8-13(10-14(15)16)17-11-12-6-4-3-5-7-12/h3-10H,2,11H2,1H3. The normalized spacial score (nSPS) is 10.2. The Balaban J connectivity index is 2.05. The molecule has 0 saturated carbocycles. The van der Waals surface area contributed by atoms with E-state index in [0.29, 0.717) is 18.9 Å². The van der Waals surface area contributed by atoms with Crippen LogP contribution >= 0.6 is 0 Å². The molecule has 0 bridgehead atoms. The summed E-state index contributed by atoms with van der Waals surface area (Å²) in [6.45, 7) is 3.10. The smallest absolute Gasteiger partial charge is 0.254 e. The van der Waals surface area contributed by atoms with Crippen LogP contribution in [0.1, 0.15) is 12.5 Å². The number of hydrogen-bond donors (Lipinski definition) is 0. The van der Waals surface area contributed by atoms with Crippen molar-refractivity contribution in [3.05, 3.63) is 64.6 Å². The minimum atomic E-state index is -0.0296. The summed E-state index contributed by atoms with van der Waals surface area (Å²) in [4.78, 5) is 11.6. The quantitative estimate of drug-likeness (QED) is 0.806. The van der Waals surface area contributed by atoms with Crippen molar-refractivity contribution in [1.29, 1.82) is 0 Å². The van der Waals surface area contributed by atoms with Crippen molar-refractivity contribution >= 4 is 0 Å². The molecule has 1 heterocycles. The fourth-order valence-corrected chi connectivity index (χ4v) is 1.58. The van der Waals surface area contributed by atoms with E-state index in [-0.39, 0.29) is 5.56 Å². The third-order valence-corrected chi connectivity index (χ3v) is 2.56. The van der Waals surface area contributed by atoms with Gasteiger partial charge in [-0.05, 0) is 18.6 Å². The minimum Gasteiger partial charge on any atom is -0.489 e. The fraction of sp³-hybridized carbons (Fsp3) is 0.214. The summed E-state index contributed by atoms with van der Waals surface area (Å²) < 4.78 is 7.19. The van der Waals surface area contributed by atoms with E-state index in [0.717, 1.165) is 5.56 Å². The first-order valence-corrected chi connectivity index (χ1v) is 5.67. The van der Waals surface area contributed by atoms with Gasteiger partial charge in [0.1, 0.15) is 12.4 Å². The summed E-state index contributed by atoms with van der Waals surface area (Å²) in [5.41, 5.74) is 1.06. The molecular formula is C14H15NO2. The first kappa shape index (κ1) is 11.5. The number of ether oxygens (including phenoxy) is 1. The van der Waals surface area contributed by atoms with Gasteiger partial charge >= 0.3 is 0 Å². The lowest BCUT2D eigenvalue weighted by atomic mass is 10.2. The van der Waals surface area contributed by atoms with E-state index < -0.39 is 0 Å². The van der Waals surface area contributed by atoms with Crippen LogP contribution in [-0.2, 0) is 13.2 Å². The van der Waals surface area contributed by atoms with Gasteiger partial charge in [-0.15, -0.1) is 0 Å². The Morgan fingerprint density at radius 3 is 2.59 bits per heavy atom. The average Bonchev–Trinajstić information content (AvgIpc) is 2.38. The third kappa shape index (κ3) is 2.97. The molecule has 0 atom stereocenters. The van der Waals surface area contributed by atoms with Crippen LogP contribution in [-0.4, -0.2) is 4.57 Å². The SMILES string of the molecule is CCn1ccc(OCc2ccccc2)cc1=O. The number of aromatic nitrogens is 1. The number of rotatable bonds is 4. The number of aryl methyl sites for hydroxylation is 1. The van der Waals surface area contributed by atoms with Gasteiger partial charge in [0.15, 0.2) is 0 Å². The number of benzene rings is 1. The zero-order valence-electron chi connectivity index (χ0n) is 9.80. The lowest BCUT2D eigenvalue weighted by Crippen LogP contribution is -2.17. The number of pyridine rings is 1. The molecule has 2 aromatic rings. The van der Waals surface area contributed by atoms with Gasteiger partial charge in [-0.3, -0.25) is 4.79 Å². The van der Waals surface area contributed by atoms with E-state index in [2.05, 4.69) is 0 Å². The first-order chi connectivity index (χ1) is 8.29. The second-order valence-electron chi connectivity index (χ2n) is 3.76. The number of hydrogen-bond acceptors (Lipinski definition) is 2. The van der Waals surface area contributed by atoms with E-state index in [1.807, 2.05) is 43.3 Å². The van der Waals surface area contributed by atoms with Crippen LogP contribution in [0.4, 0.5) is 0 Å². The Hall–Kier alpha value is -2.03. The molecule has 1 aromatic heterocycles. The third-order valence-electron chi connectivity index (χ3n) is 2.56. The van der Waals surface area contributed by atoms with Crippen molar-refractivity contribution in [2.24, 2.45) is 0 Å². The maximum absolute atomic E-state index is 11.6. The molecule has 0 radical (unpaired) electrons. The zero-order valence-corrected chi connectivity index (χ0v) is 9.80. The minimum absolute atomic E-state index is 0.0296. The summed E-state index contributed by atoms with van der Waals surface area (Å²) in [7, 11) is 0. The second kappa shape index (κ2) is 5.34. The molecule has 0 unspecified atom stereocenters. The van der Waals surface area contributed by atoms with Crippen molar-refractivity contribution in [2.75, 3.05) is 0 Å². The summed E-state index contributed by atoms with van der Waals surface area (Å²) in [6.07, 6.45) is 1.75. The van der Waals surface area contributed by atoms with Crippen LogP contribution in [0.5, 0.6) is 5.75 Å². The molecule has 17 heavy (non-hydrogen) atoms. The predicted molar refractivity (Wildman–Crippen MR) is 67.2 cm³/mol. The largest absolute Gasteiger partial charge is 0.489 e. The molecule has 0 N–H and O–H groups in total. The van der Waals surface area contributed by atoms with Crippen molar-refractivity contribution in [1.82, 2.24) is 4.57 Å². The summed E-state index contributed by atoms with van der Waals surface area (Å²) in [5.74, 6) is 0.614. The highest BCUT2D eigenvalue weighted by Gasteiger charge is 1.98. The monoisotopic (exact) mass is 229 g/mol. The van der Waals surface area contributed by atoms with Crippen LogP contribution in [0.3, 0.4) is 0 Å². The van der Waals surface area contributed by atoms with Crippen molar-refractivity contribution in [2.45, 2.75) is 20.1 Å². The van der Waals surface area contributed by atoms with Crippen molar-refractivity contribution in [3.63, 3.8) is 0 Å². The molecular weight excluding hydrogens is 214 g/mol. The maximum atomic E-state index is 11.6. The molecule has 2 rings (SSSR count). The molecule has 0 aliphatic heterocycles. The Morgan fingerprint density at radius 2 is 1.94 bits per heavy atom. The van der Waals surface area contributed by atoms with E-state index in [4.69, 9.17) is 4.74 Å². The van der Waals surface area contributed by atoms with Crippen LogP contribution in [0.25, 0.3) is 0 Å². The molecule has 0 aliphatic rings. The van der Waals surface area contributed by atoms with E-state index >= 15 is 0 Å². The molecule has 3 heteroatoms. The molecule has 3 nitrogen and oxygen atoms in total. The Bertz CT molecular complexity index is 531. The van der Waals surface area contributed by atoms with Gasteiger partial charge in [0.2, 0.25) is 0 Å². The number of nitrogens with zero attached hydrogens (tertiary/aromatic N) is 1. The fourth-order valence-electron chi connectivity index (χ4n) is 1.58. The van der Waals surface area contributed by atoms with E-state index in [9.17, 15) is 4.79 Å². The molecule has 0 aliphatic carbocycles. The van der Waals surface area contributed by atoms with Crippen molar-refractivity contribution < 1.29 is 4.74 Å². The van der Waals surface area contributed by atoms with Gasteiger partial charge in [-0.1, -0.05) is 30.3 Å². The van der Waals surface area contributed by atoms with Gasteiger partial charge in [-0.2, -0.15) is 0 Å². The molecule has 0 fully saturated rings. The summed E-state index contributed by atoms with van der Waals surface area (Å²) >= 11 is 0. The van der Waals surface area contributed by atoms with E-state index in [1.54, 1.807) is 10.8 Å². The van der Waals surface area contributed by atoms with Crippen LogP contribution in [0.2, 0.25) is 0 Å². The maximum Gasteiger partial charge on any atom is 0.254 e. The predicted octanol–water partition coefficient (Wildman–Crippen LogP) is 2.45. The average molecular weight is 229 g/mol. The Labute approximate surface area is 100 Å². The summed E-state index contributed by atoms with van der Waals surface area (Å²) in [5, 5.41) is 0. The molecule has 0 spiro atoms. The highest BCUT2D eigenvalue weighted by molar-refractivity contribution is 5.20. The molecule has 88 valence electrons. The molecule has 1 aromatic carbocycles. The Morgan fingerprint density at radius 1 is 1.18 bits per heavy atom. The van der Waals surface area contributed by atoms with Crippen LogP contribution in [0, 0.1) is 0 Å². The van der Waals surface area contributed by atoms with Crippen LogP contribution in [0.15, 0.2) is 53.5 Å². The highest BCUT2D eigenvalue weighted by Crippen LogP contribution is 2.09. The Kier molecular flexibility index (Phi) is 3.60. The highest BCUT2D eigenvalue weighted by atomic mass is 16.5. The van der Waals surface area contributed by atoms with E-state index in [1.165, 1.54) is 6.07 Å². The lowest BCUT2D eigenvalue weighted by Gasteiger charge is -2.07. The molecule has 0 amide bonds. The zero-order chi connectivity index (χ0) is 12.1. The molecule has 0 saturated heterocycles. The van der Waals surface area contributed by atoms with Gasteiger partial charge < -0.3 is 9.30 Å². The van der Waals surface area contributed by atoms with Gasteiger partial charge in [0, 0.05) is 18.8 Å². The van der Waals surface area contributed by atoms with Gasteiger partial charge in [0.05, 0.1) is 0 Å². The summed E-state index contributed by atoms with van der Waals surface area (Å²) in [6, 6.07) is 13.2. The lowest BCUT2D eigenvalue weighted by molar-refractivity contribution is 0.305. The first-order valence-electron chi connectivity index (χ1n) is 5.67. The van der Waals surface area contributed by atoms with Crippen molar-refractivity contribution in [3.8, 4) is 5.75 Å². The second-order valence-corrected chi connectivity index (χ2v) is 3.76. The van der Waals surface area contributed by atoms with Crippen LogP contribution < -0.4 is 10.3 Å².